The number of hydrogen-bond donors (Lipinski definition) is 2. The van der Waals surface area contributed by atoms with Crippen molar-refractivity contribution in [3.63, 3.8) is 0 Å². The van der Waals surface area contributed by atoms with E-state index in [1.54, 1.807) is 22.1 Å². The minimum atomic E-state index is -3.56. The zero-order valence-corrected chi connectivity index (χ0v) is 16.5. The van der Waals surface area contributed by atoms with Crippen LogP contribution in [0.15, 0.2) is 17.2 Å². The summed E-state index contributed by atoms with van der Waals surface area (Å²) in [5.41, 5.74) is 6.15. The van der Waals surface area contributed by atoms with Gasteiger partial charge in [-0.1, -0.05) is 13.3 Å². The van der Waals surface area contributed by atoms with Crippen LogP contribution in [0.5, 0.6) is 0 Å². The number of nitrogens with two attached hydrogens (primary N) is 1. The van der Waals surface area contributed by atoms with Crippen LogP contribution in [0.2, 0.25) is 0 Å². The van der Waals surface area contributed by atoms with Gasteiger partial charge in [0, 0.05) is 32.4 Å². The first-order chi connectivity index (χ1) is 12.3. The fraction of sp³-hybridized carbons (Fsp3) is 0.722. The molecule has 1 aliphatic heterocycles. The highest BCUT2D eigenvalue weighted by Gasteiger charge is 2.32. The third-order valence-corrected chi connectivity index (χ3v) is 7.58. The summed E-state index contributed by atoms with van der Waals surface area (Å²) in [5.74, 6) is 0.434. The molecule has 1 aliphatic carbocycles. The Kier molecular flexibility index (Phi) is 5.74. The minimum Gasteiger partial charge on any atom is -0.348 e. The van der Waals surface area contributed by atoms with Crippen LogP contribution in [0.25, 0.3) is 0 Å². The summed E-state index contributed by atoms with van der Waals surface area (Å²) < 4.78 is 29.0. The van der Waals surface area contributed by atoms with Gasteiger partial charge in [-0.2, -0.15) is 4.31 Å². The van der Waals surface area contributed by atoms with Gasteiger partial charge >= 0.3 is 0 Å². The van der Waals surface area contributed by atoms with E-state index in [1.165, 1.54) is 6.07 Å². The van der Waals surface area contributed by atoms with Crippen LogP contribution in [0.4, 0.5) is 0 Å². The second-order valence-corrected chi connectivity index (χ2v) is 9.73. The van der Waals surface area contributed by atoms with Gasteiger partial charge in [-0.3, -0.25) is 4.79 Å². The molecule has 1 aromatic rings. The predicted molar refractivity (Wildman–Crippen MR) is 100 cm³/mol. The van der Waals surface area contributed by atoms with E-state index in [4.69, 9.17) is 5.73 Å². The van der Waals surface area contributed by atoms with Crippen LogP contribution in [0, 0.1) is 11.8 Å². The monoisotopic (exact) mass is 382 g/mol. The van der Waals surface area contributed by atoms with E-state index < -0.39 is 10.0 Å². The smallest absolute Gasteiger partial charge is 0.268 e. The van der Waals surface area contributed by atoms with Crippen molar-refractivity contribution in [3.05, 3.63) is 18.0 Å². The Hall–Kier alpha value is -1.38. The van der Waals surface area contributed by atoms with Crippen molar-refractivity contribution in [1.82, 2.24) is 14.2 Å². The highest BCUT2D eigenvalue weighted by Crippen LogP contribution is 2.26. The molecule has 0 aromatic carbocycles. The Bertz CT molecular complexity index is 758. The first-order valence-electron chi connectivity index (χ1n) is 9.50. The first kappa shape index (κ1) is 19.4. The molecule has 146 valence electrons. The summed E-state index contributed by atoms with van der Waals surface area (Å²) in [4.78, 5) is 12.9. The van der Waals surface area contributed by atoms with E-state index in [2.05, 4.69) is 12.2 Å². The van der Waals surface area contributed by atoms with E-state index in [0.717, 1.165) is 32.1 Å². The second-order valence-electron chi connectivity index (χ2n) is 7.79. The average Bonchev–Trinajstić information content (AvgIpc) is 3.21. The summed E-state index contributed by atoms with van der Waals surface area (Å²) >= 11 is 0. The van der Waals surface area contributed by atoms with Crippen molar-refractivity contribution < 1.29 is 13.2 Å². The Balaban J connectivity index is 1.77. The van der Waals surface area contributed by atoms with Gasteiger partial charge in [-0.25, -0.2) is 8.42 Å². The summed E-state index contributed by atoms with van der Waals surface area (Å²) in [6.45, 7) is 3.72. The van der Waals surface area contributed by atoms with Crippen LogP contribution in [-0.4, -0.2) is 48.9 Å². The number of aryl methyl sites for hydroxylation is 1. The van der Waals surface area contributed by atoms with Gasteiger partial charge in [0.25, 0.3) is 5.91 Å². The Morgan fingerprint density at radius 3 is 2.77 bits per heavy atom. The molecule has 1 amide bonds. The Labute approximate surface area is 156 Å². The van der Waals surface area contributed by atoms with Gasteiger partial charge in [-0.15, -0.1) is 0 Å². The zero-order valence-electron chi connectivity index (χ0n) is 15.6. The lowest BCUT2D eigenvalue weighted by Gasteiger charge is -2.29. The van der Waals surface area contributed by atoms with E-state index in [1.807, 2.05) is 0 Å². The molecule has 1 saturated heterocycles. The number of nitrogens with one attached hydrogen (secondary N) is 1. The summed E-state index contributed by atoms with van der Waals surface area (Å²) in [6, 6.07) is 1.57. The van der Waals surface area contributed by atoms with Gasteiger partial charge < -0.3 is 15.6 Å². The maximum atomic E-state index is 12.9. The molecular weight excluding hydrogens is 352 g/mol. The number of hydrogen-bond acceptors (Lipinski definition) is 4. The van der Waals surface area contributed by atoms with Crippen molar-refractivity contribution in [1.29, 1.82) is 0 Å². The number of nitrogens with zero attached hydrogens (tertiary/aromatic N) is 2. The van der Waals surface area contributed by atoms with Gasteiger partial charge in [0.1, 0.15) is 10.6 Å². The number of carbonyl (C=O) groups is 1. The molecular formula is C18H30N4O3S. The van der Waals surface area contributed by atoms with Crippen LogP contribution in [-0.2, 0) is 17.1 Å². The van der Waals surface area contributed by atoms with Crippen LogP contribution in [0.1, 0.15) is 49.5 Å². The lowest BCUT2D eigenvalue weighted by molar-refractivity contribution is 0.0920. The number of rotatable bonds is 5. The van der Waals surface area contributed by atoms with Crippen molar-refractivity contribution >= 4 is 15.9 Å². The highest BCUT2D eigenvalue weighted by atomic mass is 32.2. The molecule has 26 heavy (non-hydrogen) atoms. The standard InChI is InChI=1S/C18H30N4O3S/c1-13-5-4-8-22(11-13)26(24,25)15-9-17(21(2)12-15)18(23)20-16-7-3-6-14(16)10-19/h9,12-14,16H,3-8,10-11,19H2,1-2H3,(H,20,23). The molecule has 3 N–H and O–H groups in total. The Morgan fingerprint density at radius 2 is 2.08 bits per heavy atom. The lowest BCUT2D eigenvalue weighted by atomic mass is 10.0. The minimum absolute atomic E-state index is 0.0744. The Morgan fingerprint density at radius 1 is 1.31 bits per heavy atom. The summed E-state index contributed by atoms with van der Waals surface area (Å²) in [6.07, 6.45) is 6.49. The lowest BCUT2D eigenvalue weighted by Crippen LogP contribution is -2.40. The quantitative estimate of drug-likeness (QED) is 0.802. The average molecular weight is 383 g/mol. The van der Waals surface area contributed by atoms with Crippen molar-refractivity contribution in [2.45, 2.75) is 50.0 Å². The normalized spacial score (nSPS) is 27.6. The maximum absolute atomic E-state index is 12.9. The second kappa shape index (κ2) is 7.70. The zero-order chi connectivity index (χ0) is 18.9. The highest BCUT2D eigenvalue weighted by molar-refractivity contribution is 7.89. The molecule has 0 bridgehead atoms. The number of aromatic nitrogens is 1. The molecule has 2 aliphatic rings. The molecule has 0 spiro atoms. The fourth-order valence-corrected chi connectivity index (χ4v) is 5.84. The van der Waals surface area contributed by atoms with Crippen molar-refractivity contribution in [2.24, 2.45) is 24.6 Å². The molecule has 3 atom stereocenters. The molecule has 2 heterocycles. The number of carbonyl (C=O) groups excluding carboxylic acids is 1. The molecule has 8 heteroatoms. The largest absolute Gasteiger partial charge is 0.348 e. The van der Waals surface area contributed by atoms with Crippen LogP contribution >= 0.6 is 0 Å². The third kappa shape index (κ3) is 3.82. The van der Waals surface area contributed by atoms with E-state index in [-0.39, 0.29) is 16.8 Å². The van der Waals surface area contributed by atoms with E-state index in [9.17, 15) is 13.2 Å². The van der Waals surface area contributed by atoms with Gasteiger partial charge in [0.05, 0.1) is 0 Å². The van der Waals surface area contributed by atoms with E-state index >= 15 is 0 Å². The van der Waals surface area contributed by atoms with Crippen molar-refractivity contribution in [2.75, 3.05) is 19.6 Å². The predicted octanol–water partition coefficient (Wildman–Crippen LogP) is 1.30. The van der Waals surface area contributed by atoms with Crippen LogP contribution < -0.4 is 11.1 Å². The molecule has 3 unspecified atom stereocenters. The summed E-state index contributed by atoms with van der Waals surface area (Å²) in [5, 5.41) is 3.04. The summed E-state index contributed by atoms with van der Waals surface area (Å²) in [7, 11) is -1.85. The SMILES string of the molecule is CC1CCCN(S(=O)(=O)c2cc(C(=O)NC3CCCC3CN)n(C)c2)C1. The first-order valence-corrected chi connectivity index (χ1v) is 10.9. The number of piperidine rings is 1. The number of amides is 1. The molecule has 1 aromatic heterocycles. The third-order valence-electron chi connectivity index (χ3n) is 5.75. The molecule has 1 saturated carbocycles. The topological polar surface area (TPSA) is 97.4 Å². The number of sulfonamides is 1. The molecule has 7 nitrogen and oxygen atoms in total. The maximum Gasteiger partial charge on any atom is 0.268 e. The fourth-order valence-electron chi connectivity index (χ4n) is 4.17. The van der Waals surface area contributed by atoms with Gasteiger partial charge in [0.2, 0.25) is 10.0 Å². The molecule has 3 rings (SSSR count). The van der Waals surface area contributed by atoms with Crippen molar-refractivity contribution in [3.8, 4) is 0 Å². The van der Waals surface area contributed by atoms with Gasteiger partial charge in [-0.05, 0) is 50.1 Å². The van der Waals surface area contributed by atoms with E-state index in [0.29, 0.717) is 37.2 Å². The van der Waals surface area contributed by atoms with Crippen LogP contribution in [0.3, 0.4) is 0 Å². The molecule has 0 radical (unpaired) electrons. The van der Waals surface area contributed by atoms with Gasteiger partial charge in [0.15, 0.2) is 0 Å². The molecule has 2 fully saturated rings.